The third kappa shape index (κ3) is 4.92. The molecule has 1 aliphatic carbocycles. The lowest BCUT2D eigenvalue weighted by Gasteiger charge is -2.30. The van der Waals surface area contributed by atoms with Crippen molar-refractivity contribution in [3.05, 3.63) is 199 Å². The van der Waals surface area contributed by atoms with Crippen molar-refractivity contribution in [3.63, 3.8) is 0 Å². The lowest BCUT2D eigenvalue weighted by molar-refractivity contribution is 0.660. The van der Waals surface area contributed by atoms with Crippen LogP contribution in [0.2, 0.25) is 0 Å². The summed E-state index contributed by atoms with van der Waals surface area (Å²) in [4.78, 5) is 2.50. The highest BCUT2D eigenvalue weighted by Gasteiger charge is 2.38. The van der Waals surface area contributed by atoms with Crippen molar-refractivity contribution in [2.75, 3.05) is 4.90 Å². The van der Waals surface area contributed by atoms with Gasteiger partial charge in [-0.15, -0.1) is 11.3 Å². The minimum absolute atomic E-state index is 0.110. The minimum Gasteiger partial charge on any atom is -0.309 e. The Bertz CT molecular complexity index is 3130. The molecule has 9 aromatic carbocycles. The Labute approximate surface area is 325 Å². The molecule has 0 radical (unpaired) electrons. The van der Waals surface area contributed by atoms with Crippen LogP contribution in [0.3, 0.4) is 0 Å². The van der Waals surface area contributed by atoms with Crippen LogP contribution in [0, 0.1) is 0 Å². The largest absolute Gasteiger partial charge is 0.309 e. The van der Waals surface area contributed by atoms with Crippen LogP contribution >= 0.6 is 11.3 Å². The van der Waals surface area contributed by atoms with Crippen LogP contribution in [-0.2, 0) is 5.41 Å². The molecule has 0 N–H and O–H groups in total. The van der Waals surface area contributed by atoms with Crippen LogP contribution < -0.4 is 4.90 Å². The van der Waals surface area contributed by atoms with Gasteiger partial charge in [-0.3, -0.25) is 0 Å². The predicted molar refractivity (Wildman–Crippen MR) is 237 cm³/mol. The highest BCUT2D eigenvalue weighted by Crippen LogP contribution is 2.55. The summed E-state index contributed by atoms with van der Waals surface area (Å²) in [5.41, 5.74) is 13.6. The van der Waals surface area contributed by atoms with E-state index in [1.807, 2.05) is 11.3 Å². The Morgan fingerprint density at radius 2 is 1.05 bits per heavy atom. The summed E-state index contributed by atoms with van der Waals surface area (Å²) in [5, 5.41) is 7.77. The molecule has 1 nitrogen and oxygen atoms in total. The first-order chi connectivity index (χ1) is 27.0. The summed E-state index contributed by atoms with van der Waals surface area (Å²) in [7, 11) is 0. The van der Waals surface area contributed by atoms with Gasteiger partial charge in [-0.05, 0) is 97.4 Å². The van der Waals surface area contributed by atoms with Crippen LogP contribution in [0.25, 0.3) is 75.1 Å². The van der Waals surface area contributed by atoms with Crippen molar-refractivity contribution in [1.82, 2.24) is 0 Å². The molecule has 0 bridgehead atoms. The molecule has 0 aliphatic heterocycles. The zero-order valence-corrected chi connectivity index (χ0v) is 31.6. The number of anilines is 3. The molecule has 11 rings (SSSR count). The smallest absolute Gasteiger partial charge is 0.0543 e. The van der Waals surface area contributed by atoms with Crippen molar-refractivity contribution in [1.29, 1.82) is 0 Å². The van der Waals surface area contributed by atoms with Crippen LogP contribution in [0.1, 0.15) is 25.0 Å². The molecule has 0 atom stereocenters. The van der Waals surface area contributed by atoms with E-state index >= 15 is 0 Å². The normalized spacial score (nSPS) is 13.1. The monoisotopic (exact) mass is 719 g/mol. The Balaban J connectivity index is 1.13. The maximum atomic E-state index is 2.50. The SMILES string of the molecule is CC1(C)c2ccccc2-c2c(N(c3ccc(-c4cc5sc6ccccc6c5c5ccccc45)cc3)c3ccccc3-c3ccc4ccccc4c3)cccc21. The van der Waals surface area contributed by atoms with Gasteiger partial charge in [0.15, 0.2) is 0 Å². The molecule has 1 aromatic heterocycles. The van der Waals surface area contributed by atoms with E-state index in [1.54, 1.807) is 0 Å². The fourth-order valence-electron chi connectivity index (χ4n) is 9.22. The fraction of sp³-hybridized carbons (Fsp3) is 0.0566. The van der Waals surface area contributed by atoms with Gasteiger partial charge in [0.05, 0.1) is 11.4 Å². The number of fused-ring (bicyclic) bond motifs is 9. The van der Waals surface area contributed by atoms with Crippen LogP contribution in [0.15, 0.2) is 188 Å². The molecule has 0 saturated heterocycles. The predicted octanol–water partition coefficient (Wildman–Crippen LogP) is 15.5. The van der Waals surface area contributed by atoms with Gasteiger partial charge in [0, 0.05) is 42.4 Å². The highest BCUT2D eigenvalue weighted by atomic mass is 32.1. The van der Waals surface area contributed by atoms with E-state index in [4.69, 9.17) is 0 Å². The van der Waals surface area contributed by atoms with E-state index in [0.717, 1.165) is 11.4 Å². The first-order valence-electron chi connectivity index (χ1n) is 19.1. The molecular weight excluding hydrogens is 683 g/mol. The van der Waals surface area contributed by atoms with Crippen molar-refractivity contribution in [2.24, 2.45) is 0 Å². The van der Waals surface area contributed by atoms with Gasteiger partial charge < -0.3 is 4.90 Å². The first kappa shape index (κ1) is 32.0. The van der Waals surface area contributed by atoms with Crippen molar-refractivity contribution >= 4 is 70.1 Å². The summed E-state index contributed by atoms with van der Waals surface area (Å²) in [5.74, 6) is 0. The second-order valence-electron chi connectivity index (χ2n) is 15.3. The van der Waals surface area contributed by atoms with Crippen LogP contribution in [-0.4, -0.2) is 0 Å². The molecule has 55 heavy (non-hydrogen) atoms. The zero-order chi connectivity index (χ0) is 36.7. The number of hydrogen-bond donors (Lipinski definition) is 0. The van der Waals surface area contributed by atoms with Crippen LogP contribution in [0.4, 0.5) is 17.1 Å². The molecule has 0 saturated carbocycles. The molecule has 0 fully saturated rings. The standard InChI is InChI=1S/C53H37NS/c1-53(2)45-21-10-7-19-42(45)52-46(53)22-13-24-48(52)54(47-23-11-8-16-39(47)37-27-26-34-14-3-4-15-36(34)32-37)38-30-28-35(29-31-38)44-33-50-51(41-18-6-5-17-40(41)44)43-20-9-12-25-49(43)55-50/h3-33H,1-2H3. The number of para-hydroxylation sites is 1. The van der Waals surface area contributed by atoms with Gasteiger partial charge in [-0.25, -0.2) is 0 Å². The van der Waals surface area contributed by atoms with Gasteiger partial charge in [0.25, 0.3) is 0 Å². The second-order valence-corrected chi connectivity index (χ2v) is 16.4. The third-order valence-corrected chi connectivity index (χ3v) is 13.0. The van der Waals surface area contributed by atoms with Crippen molar-refractivity contribution in [2.45, 2.75) is 19.3 Å². The van der Waals surface area contributed by atoms with E-state index in [1.165, 1.54) is 91.9 Å². The molecule has 10 aromatic rings. The topological polar surface area (TPSA) is 3.24 Å². The number of hydrogen-bond acceptors (Lipinski definition) is 2. The van der Waals surface area contributed by atoms with Crippen LogP contribution in [0.5, 0.6) is 0 Å². The summed E-state index contributed by atoms with van der Waals surface area (Å²) in [6.07, 6.45) is 0. The Kier molecular flexibility index (Phi) is 7.14. The Morgan fingerprint density at radius 3 is 1.91 bits per heavy atom. The summed E-state index contributed by atoms with van der Waals surface area (Å²) in [6, 6.07) is 69.6. The molecule has 2 heteroatoms. The van der Waals surface area contributed by atoms with Gasteiger partial charge in [-0.1, -0.05) is 159 Å². The molecule has 260 valence electrons. The van der Waals surface area contributed by atoms with Crippen molar-refractivity contribution < 1.29 is 0 Å². The summed E-state index contributed by atoms with van der Waals surface area (Å²) >= 11 is 1.89. The Hall–Kier alpha value is -6.48. The summed E-state index contributed by atoms with van der Waals surface area (Å²) < 4.78 is 2.65. The van der Waals surface area contributed by atoms with E-state index in [-0.39, 0.29) is 5.41 Å². The first-order valence-corrected chi connectivity index (χ1v) is 19.9. The van der Waals surface area contributed by atoms with Crippen molar-refractivity contribution in [3.8, 4) is 33.4 Å². The molecule has 0 unspecified atom stereocenters. The number of thiophene rings is 1. The number of benzene rings is 9. The molecule has 0 spiro atoms. The van der Waals surface area contributed by atoms with Gasteiger partial charge in [0.2, 0.25) is 0 Å². The second kappa shape index (κ2) is 12.3. The summed E-state index contributed by atoms with van der Waals surface area (Å²) in [6.45, 7) is 4.72. The highest BCUT2D eigenvalue weighted by molar-refractivity contribution is 7.26. The lowest BCUT2D eigenvalue weighted by atomic mass is 9.82. The van der Waals surface area contributed by atoms with E-state index in [9.17, 15) is 0 Å². The minimum atomic E-state index is -0.110. The average Bonchev–Trinajstić information content (AvgIpc) is 3.73. The van der Waals surface area contributed by atoms with Gasteiger partial charge in [0.1, 0.15) is 0 Å². The van der Waals surface area contributed by atoms with E-state index < -0.39 is 0 Å². The Morgan fingerprint density at radius 1 is 0.418 bits per heavy atom. The molecular formula is C53H37NS. The molecule has 0 amide bonds. The van der Waals surface area contributed by atoms with E-state index in [0.29, 0.717) is 0 Å². The van der Waals surface area contributed by atoms with E-state index in [2.05, 4.69) is 207 Å². The van der Waals surface area contributed by atoms with Gasteiger partial charge in [-0.2, -0.15) is 0 Å². The quantitative estimate of drug-likeness (QED) is 0.171. The average molecular weight is 720 g/mol. The molecule has 1 heterocycles. The fourth-order valence-corrected chi connectivity index (χ4v) is 10.4. The number of rotatable bonds is 5. The third-order valence-electron chi connectivity index (χ3n) is 11.9. The maximum absolute atomic E-state index is 2.50. The lowest BCUT2D eigenvalue weighted by Crippen LogP contribution is -2.16. The number of nitrogens with zero attached hydrogens (tertiary/aromatic N) is 1. The zero-order valence-electron chi connectivity index (χ0n) is 30.8. The maximum Gasteiger partial charge on any atom is 0.0543 e. The van der Waals surface area contributed by atoms with Gasteiger partial charge >= 0.3 is 0 Å². The molecule has 1 aliphatic rings.